The van der Waals surface area contributed by atoms with Crippen molar-refractivity contribution in [3.8, 4) is 5.75 Å². The van der Waals surface area contributed by atoms with Crippen LogP contribution in [0.1, 0.15) is 15.2 Å². The van der Waals surface area contributed by atoms with E-state index in [9.17, 15) is 9.90 Å². The Morgan fingerprint density at radius 1 is 1.24 bits per heavy atom. The van der Waals surface area contributed by atoms with Crippen molar-refractivity contribution in [3.63, 3.8) is 0 Å². The Bertz CT molecular complexity index is 810. The van der Waals surface area contributed by atoms with Gasteiger partial charge in [0, 0.05) is 14.7 Å². The maximum atomic E-state index is 11.6. The average molecular weight is 363 g/mol. The minimum absolute atomic E-state index is 0.212. The zero-order valence-corrected chi connectivity index (χ0v) is 13.3. The molecule has 3 rings (SSSR count). The summed E-state index contributed by atoms with van der Waals surface area (Å²) < 4.78 is 6.72. The van der Waals surface area contributed by atoms with E-state index in [-0.39, 0.29) is 5.56 Å². The third-order valence-corrected chi connectivity index (χ3v) is 4.77. The highest BCUT2D eigenvalue weighted by atomic mass is 79.9. The number of carboxylic acid groups (broad SMARTS) is 1. The highest BCUT2D eigenvalue weighted by molar-refractivity contribution is 9.10. The number of aromatic carboxylic acids is 1. The van der Waals surface area contributed by atoms with Gasteiger partial charge in [0.05, 0.1) is 0 Å². The zero-order valence-electron chi connectivity index (χ0n) is 10.9. The van der Waals surface area contributed by atoms with Crippen LogP contribution in [-0.2, 0) is 6.61 Å². The number of carbonyl (C=O) groups is 1. The Hall–Kier alpha value is -1.85. The number of halogens is 1. The SMILES string of the molecule is O=C(O)c1c(OCc2cc(Br)cs2)ccc2ccccc12. The van der Waals surface area contributed by atoms with Gasteiger partial charge in [0.1, 0.15) is 17.9 Å². The van der Waals surface area contributed by atoms with Crippen molar-refractivity contribution in [2.24, 2.45) is 0 Å². The van der Waals surface area contributed by atoms with Gasteiger partial charge < -0.3 is 9.84 Å². The normalized spacial score (nSPS) is 10.7. The van der Waals surface area contributed by atoms with Crippen LogP contribution in [0.4, 0.5) is 0 Å². The molecule has 0 saturated carbocycles. The summed E-state index contributed by atoms with van der Waals surface area (Å²) >= 11 is 4.96. The average Bonchev–Trinajstić information content (AvgIpc) is 2.89. The summed E-state index contributed by atoms with van der Waals surface area (Å²) in [6.45, 7) is 0.356. The van der Waals surface area contributed by atoms with Gasteiger partial charge in [0.25, 0.3) is 0 Å². The van der Waals surface area contributed by atoms with Crippen molar-refractivity contribution in [2.45, 2.75) is 6.61 Å². The fourth-order valence-corrected chi connectivity index (χ4v) is 3.53. The summed E-state index contributed by atoms with van der Waals surface area (Å²) in [5.41, 5.74) is 0.212. The molecular formula is C16H11BrO3S. The lowest BCUT2D eigenvalue weighted by Crippen LogP contribution is -2.03. The highest BCUT2D eigenvalue weighted by Gasteiger charge is 2.15. The summed E-state index contributed by atoms with van der Waals surface area (Å²) in [5, 5.41) is 13.0. The smallest absolute Gasteiger partial charge is 0.340 e. The minimum atomic E-state index is -0.978. The topological polar surface area (TPSA) is 46.5 Å². The molecule has 21 heavy (non-hydrogen) atoms. The van der Waals surface area contributed by atoms with Crippen LogP contribution in [0, 0.1) is 0 Å². The van der Waals surface area contributed by atoms with Crippen molar-refractivity contribution < 1.29 is 14.6 Å². The molecule has 0 amide bonds. The van der Waals surface area contributed by atoms with Gasteiger partial charge in [0.15, 0.2) is 0 Å². The van der Waals surface area contributed by atoms with Crippen molar-refractivity contribution in [1.82, 2.24) is 0 Å². The van der Waals surface area contributed by atoms with Gasteiger partial charge in [-0.3, -0.25) is 0 Å². The number of benzene rings is 2. The van der Waals surface area contributed by atoms with E-state index in [2.05, 4.69) is 15.9 Å². The number of thiophene rings is 1. The van der Waals surface area contributed by atoms with E-state index in [4.69, 9.17) is 4.74 Å². The van der Waals surface area contributed by atoms with Gasteiger partial charge >= 0.3 is 5.97 Å². The van der Waals surface area contributed by atoms with Gasteiger partial charge in [-0.15, -0.1) is 11.3 Å². The third-order valence-electron chi connectivity index (χ3n) is 3.10. The maximum absolute atomic E-state index is 11.6. The largest absolute Gasteiger partial charge is 0.487 e. The van der Waals surface area contributed by atoms with Crippen molar-refractivity contribution in [2.75, 3.05) is 0 Å². The number of fused-ring (bicyclic) bond motifs is 1. The molecule has 0 aliphatic rings. The second-order valence-corrected chi connectivity index (χ2v) is 6.40. The number of rotatable bonds is 4. The van der Waals surface area contributed by atoms with E-state index < -0.39 is 5.97 Å². The van der Waals surface area contributed by atoms with E-state index in [0.717, 1.165) is 14.7 Å². The van der Waals surface area contributed by atoms with E-state index in [1.165, 1.54) is 0 Å². The first-order valence-corrected chi connectivity index (χ1v) is 7.93. The molecule has 3 nitrogen and oxygen atoms in total. The lowest BCUT2D eigenvalue weighted by atomic mass is 10.0. The van der Waals surface area contributed by atoms with Crippen molar-refractivity contribution in [3.05, 3.63) is 62.8 Å². The molecule has 0 unspecified atom stereocenters. The predicted octanol–water partition coefficient (Wildman–Crippen LogP) is 4.94. The van der Waals surface area contributed by atoms with Gasteiger partial charge in [0.2, 0.25) is 0 Å². The molecule has 2 aromatic carbocycles. The molecule has 0 aliphatic carbocycles. The van der Waals surface area contributed by atoms with Crippen LogP contribution in [-0.4, -0.2) is 11.1 Å². The summed E-state index contributed by atoms with van der Waals surface area (Å²) in [6.07, 6.45) is 0. The van der Waals surface area contributed by atoms with Crippen LogP contribution in [0.25, 0.3) is 10.8 Å². The fourth-order valence-electron chi connectivity index (χ4n) is 2.17. The van der Waals surface area contributed by atoms with Gasteiger partial charge in [-0.05, 0) is 38.8 Å². The van der Waals surface area contributed by atoms with Crippen LogP contribution in [0.2, 0.25) is 0 Å². The molecule has 0 aliphatic heterocycles. The van der Waals surface area contributed by atoms with Crippen LogP contribution in [0.3, 0.4) is 0 Å². The molecule has 1 N–H and O–H groups in total. The lowest BCUT2D eigenvalue weighted by Gasteiger charge is -2.11. The van der Waals surface area contributed by atoms with Crippen LogP contribution in [0.15, 0.2) is 52.3 Å². The first-order chi connectivity index (χ1) is 10.1. The zero-order chi connectivity index (χ0) is 14.8. The molecule has 0 spiro atoms. The Labute approximate surface area is 133 Å². The van der Waals surface area contributed by atoms with Crippen molar-refractivity contribution >= 4 is 44.0 Å². The minimum Gasteiger partial charge on any atom is -0.487 e. The summed E-state index contributed by atoms with van der Waals surface area (Å²) in [7, 11) is 0. The highest BCUT2D eigenvalue weighted by Crippen LogP contribution is 2.29. The molecule has 106 valence electrons. The summed E-state index contributed by atoms with van der Waals surface area (Å²) in [5.74, 6) is -0.583. The molecule has 3 aromatic rings. The Balaban J connectivity index is 1.97. The van der Waals surface area contributed by atoms with Gasteiger partial charge in [-0.1, -0.05) is 30.3 Å². The molecule has 1 heterocycles. The molecule has 0 saturated heterocycles. The number of ether oxygens (including phenoxy) is 1. The Morgan fingerprint density at radius 2 is 2.05 bits per heavy atom. The van der Waals surface area contributed by atoms with Crippen LogP contribution >= 0.6 is 27.3 Å². The summed E-state index contributed by atoms with van der Waals surface area (Å²) in [6, 6.07) is 13.0. The first kappa shape index (κ1) is 14.1. The van der Waals surface area contributed by atoms with E-state index in [1.54, 1.807) is 23.5 Å². The van der Waals surface area contributed by atoms with Gasteiger partial charge in [-0.2, -0.15) is 0 Å². The van der Waals surface area contributed by atoms with E-state index >= 15 is 0 Å². The first-order valence-electron chi connectivity index (χ1n) is 6.26. The van der Waals surface area contributed by atoms with E-state index in [0.29, 0.717) is 17.7 Å². The Morgan fingerprint density at radius 3 is 2.76 bits per heavy atom. The number of hydrogen-bond donors (Lipinski definition) is 1. The maximum Gasteiger partial charge on any atom is 0.340 e. The number of hydrogen-bond acceptors (Lipinski definition) is 3. The molecule has 5 heteroatoms. The third kappa shape index (κ3) is 2.94. The summed E-state index contributed by atoms with van der Waals surface area (Å²) in [4.78, 5) is 12.6. The second-order valence-electron chi connectivity index (χ2n) is 4.48. The molecule has 0 bridgehead atoms. The predicted molar refractivity (Wildman–Crippen MR) is 87.3 cm³/mol. The monoisotopic (exact) mass is 362 g/mol. The molecule has 0 radical (unpaired) electrons. The molecular weight excluding hydrogens is 352 g/mol. The second kappa shape index (κ2) is 5.87. The van der Waals surface area contributed by atoms with Crippen molar-refractivity contribution in [1.29, 1.82) is 0 Å². The molecule has 0 fully saturated rings. The van der Waals surface area contributed by atoms with Crippen LogP contribution in [0.5, 0.6) is 5.75 Å². The fraction of sp³-hybridized carbons (Fsp3) is 0.0625. The van der Waals surface area contributed by atoms with E-state index in [1.807, 2.05) is 35.7 Å². The standard InChI is InChI=1S/C16H11BrO3S/c17-11-7-12(21-9-11)8-20-14-6-5-10-3-1-2-4-13(10)15(14)16(18)19/h1-7,9H,8H2,(H,18,19). The lowest BCUT2D eigenvalue weighted by molar-refractivity contribution is 0.0694. The number of carboxylic acids is 1. The molecule has 1 aromatic heterocycles. The Kier molecular flexibility index (Phi) is 3.94. The van der Waals surface area contributed by atoms with Crippen LogP contribution < -0.4 is 4.74 Å². The molecule has 0 atom stereocenters. The van der Waals surface area contributed by atoms with Gasteiger partial charge in [-0.25, -0.2) is 4.79 Å². The quantitative estimate of drug-likeness (QED) is 0.714.